The summed E-state index contributed by atoms with van der Waals surface area (Å²) in [6, 6.07) is 7.55. The summed E-state index contributed by atoms with van der Waals surface area (Å²) in [5.41, 5.74) is 1.89. The normalized spacial score (nSPS) is 10.4. The Balaban J connectivity index is 2.62. The molecule has 0 aliphatic carbocycles. The van der Waals surface area contributed by atoms with Gasteiger partial charge in [-0.1, -0.05) is 18.2 Å². The standard InChI is InChI=1S/C12H10O2/c1-3-10(13)12-7-9-6-8(2)4-5-11(9)14-12/h3-7H,1H2,2H3. The molecular weight excluding hydrogens is 176 g/mol. The number of furan rings is 1. The second kappa shape index (κ2) is 3.14. The van der Waals surface area contributed by atoms with Crippen molar-refractivity contribution in [2.75, 3.05) is 0 Å². The Bertz CT molecular complexity index is 506. The number of rotatable bonds is 2. The largest absolute Gasteiger partial charge is 0.453 e. The molecule has 70 valence electrons. The van der Waals surface area contributed by atoms with Crippen LogP contribution in [0.15, 0.2) is 41.3 Å². The minimum Gasteiger partial charge on any atom is -0.453 e. The first-order valence-corrected chi connectivity index (χ1v) is 4.37. The maximum absolute atomic E-state index is 11.3. The second-order valence-corrected chi connectivity index (χ2v) is 3.22. The predicted octanol–water partition coefficient (Wildman–Crippen LogP) is 3.11. The summed E-state index contributed by atoms with van der Waals surface area (Å²) in [7, 11) is 0. The molecule has 0 saturated carbocycles. The van der Waals surface area contributed by atoms with Gasteiger partial charge in [0.25, 0.3) is 0 Å². The summed E-state index contributed by atoms with van der Waals surface area (Å²) in [4.78, 5) is 11.3. The van der Waals surface area contributed by atoms with Gasteiger partial charge in [-0.15, -0.1) is 0 Å². The van der Waals surface area contributed by atoms with Crippen LogP contribution in [0.25, 0.3) is 11.0 Å². The number of benzene rings is 1. The fourth-order valence-corrected chi connectivity index (χ4v) is 1.38. The van der Waals surface area contributed by atoms with E-state index in [1.54, 1.807) is 6.07 Å². The molecule has 14 heavy (non-hydrogen) atoms. The molecule has 1 aromatic carbocycles. The summed E-state index contributed by atoms with van der Waals surface area (Å²) in [6.45, 7) is 5.42. The highest BCUT2D eigenvalue weighted by molar-refractivity contribution is 6.04. The fourth-order valence-electron chi connectivity index (χ4n) is 1.38. The highest BCUT2D eigenvalue weighted by Crippen LogP contribution is 2.20. The van der Waals surface area contributed by atoms with E-state index in [9.17, 15) is 4.79 Å². The van der Waals surface area contributed by atoms with Gasteiger partial charge in [-0.2, -0.15) is 0 Å². The molecule has 0 radical (unpaired) electrons. The highest BCUT2D eigenvalue weighted by atomic mass is 16.3. The van der Waals surface area contributed by atoms with Crippen molar-refractivity contribution in [3.63, 3.8) is 0 Å². The zero-order chi connectivity index (χ0) is 10.1. The first-order chi connectivity index (χ1) is 6.70. The van der Waals surface area contributed by atoms with Crippen LogP contribution in [0.2, 0.25) is 0 Å². The van der Waals surface area contributed by atoms with Crippen molar-refractivity contribution >= 4 is 16.8 Å². The second-order valence-electron chi connectivity index (χ2n) is 3.22. The van der Waals surface area contributed by atoms with Crippen LogP contribution in [0.4, 0.5) is 0 Å². The van der Waals surface area contributed by atoms with Crippen molar-refractivity contribution in [3.05, 3.63) is 48.2 Å². The lowest BCUT2D eigenvalue weighted by atomic mass is 10.2. The molecule has 2 aromatic rings. The van der Waals surface area contributed by atoms with Gasteiger partial charge in [-0.3, -0.25) is 4.79 Å². The molecule has 0 fully saturated rings. The molecule has 0 spiro atoms. The van der Waals surface area contributed by atoms with E-state index in [0.717, 1.165) is 16.5 Å². The topological polar surface area (TPSA) is 30.2 Å². The smallest absolute Gasteiger partial charge is 0.220 e. The van der Waals surface area contributed by atoms with Crippen LogP contribution in [-0.4, -0.2) is 5.78 Å². The Morgan fingerprint density at radius 3 is 2.93 bits per heavy atom. The molecule has 1 heterocycles. The average Bonchev–Trinajstić information content (AvgIpc) is 2.59. The molecule has 1 aromatic heterocycles. The van der Waals surface area contributed by atoms with E-state index in [4.69, 9.17) is 4.42 Å². The molecule has 0 atom stereocenters. The lowest BCUT2D eigenvalue weighted by Gasteiger charge is -1.89. The molecule has 0 bridgehead atoms. The first-order valence-electron chi connectivity index (χ1n) is 4.37. The zero-order valence-corrected chi connectivity index (χ0v) is 7.91. The summed E-state index contributed by atoms with van der Waals surface area (Å²) in [6.07, 6.45) is 1.25. The SMILES string of the molecule is C=CC(=O)c1cc2cc(C)ccc2o1. The van der Waals surface area contributed by atoms with Crippen LogP contribution in [0.1, 0.15) is 16.1 Å². The molecule has 0 unspecified atom stereocenters. The summed E-state index contributed by atoms with van der Waals surface area (Å²) in [5.74, 6) is 0.166. The van der Waals surface area contributed by atoms with E-state index >= 15 is 0 Å². The third-order valence-electron chi connectivity index (χ3n) is 2.10. The maximum Gasteiger partial charge on any atom is 0.220 e. The van der Waals surface area contributed by atoms with Gasteiger partial charge in [0.2, 0.25) is 5.78 Å². The number of fused-ring (bicyclic) bond motifs is 1. The van der Waals surface area contributed by atoms with Gasteiger partial charge < -0.3 is 4.42 Å². The van der Waals surface area contributed by atoms with Crippen molar-refractivity contribution in [2.24, 2.45) is 0 Å². The highest BCUT2D eigenvalue weighted by Gasteiger charge is 2.08. The summed E-state index contributed by atoms with van der Waals surface area (Å²) in [5, 5.41) is 0.954. The van der Waals surface area contributed by atoms with Crippen molar-refractivity contribution in [1.82, 2.24) is 0 Å². The van der Waals surface area contributed by atoms with Crippen LogP contribution >= 0.6 is 0 Å². The van der Waals surface area contributed by atoms with Crippen LogP contribution in [0.3, 0.4) is 0 Å². The minimum atomic E-state index is -0.182. The van der Waals surface area contributed by atoms with Crippen LogP contribution in [0, 0.1) is 6.92 Å². The summed E-state index contributed by atoms with van der Waals surface area (Å²) < 4.78 is 5.35. The van der Waals surface area contributed by atoms with Crippen LogP contribution < -0.4 is 0 Å². The molecule has 2 nitrogen and oxygen atoms in total. The zero-order valence-electron chi connectivity index (χ0n) is 7.91. The van der Waals surface area contributed by atoms with Crippen LogP contribution in [-0.2, 0) is 0 Å². The van der Waals surface area contributed by atoms with Gasteiger partial charge in [0.05, 0.1) is 0 Å². The average molecular weight is 186 g/mol. The number of hydrogen-bond donors (Lipinski definition) is 0. The molecule has 0 saturated heterocycles. The van der Waals surface area contributed by atoms with E-state index in [1.807, 2.05) is 25.1 Å². The maximum atomic E-state index is 11.3. The Morgan fingerprint density at radius 1 is 1.43 bits per heavy atom. The first kappa shape index (κ1) is 8.75. The van der Waals surface area contributed by atoms with Crippen molar-refractivity contribution in [2.45, 2.75) is 6.92 Å². The van der Waals surface area contributed by atoms with E-state index in [-0.39, 0.29) is 5.78 Å². The van der Waals surface area contributed by atoms with Gasteiger partial charge in [-0.05, 0) is 31.2 Å². The quantitative estimate of drug-likeness (QED) is 0.532. The third-order valence-corrected chi connectivity index (χ3v) is 2.10. The number of aryl methyl sites for hydroxylation is 1. The molecule has 0 aliphatic heterocycles. The van der Waals surface area contributed by atoms with Crippen molar-refractivity contribution in [3.8, 4) is 0 Å². The molecule has 2 rings (SSSR count). The number of carbonyl (C=O) groups excluding carboxylic acids is 1. The lowest BCUT2D eigenvalue weighted by Crippen LogP contribution is -1.88. The monoisotopic (exact) mass is 186 g/mol. The number of hydrogen-bond acceptors (Lipinski definition) is 2. The lowest BCUT2D eigenvalue weighted by molar-refractivity contribution is 0.102. The van der Waals surface area contributed by atoms with Gasteiger partial charge in [0, 0.05) is 5.39 Å². The number of carbonyl (C=O) groups is 1. The van der Waals surface area contributed by atoms with E-state index < -0.39 is 0 Å². The fraction of sp³-hybridized carbons (Fsp3) is 0.0833. The van der Waals surface area contributed by atoms with Crippen LogP contribution in [0.5, 0.6) is 0 Å². The predicted molar refractivity (Wildman–Crippen MR) is 55.5 cm³/mol. The molecular formula is C12H10O2. The molecule has 0 aliphatic rings. The third kappa shape index (κ3) is 1.35. The van der Waals surface area contributed by atoms with Gasteiger partial charge in [0.1, 0.15) is 5.58 Å². The molecule has 2 heteroatoms. The Labute approximate surface area is 81.8 Å². The number of ketones is 1. The Hall–Kier alpha value is -1.83. The minimum absolute atomic E-state index is 0.182. The van der Waals surface area contributed by atoms with E-state index in [1.165, 1.54) is 6.08 Å². The van der Waals surface area contributed by atoms with Gasteiger partial charge in [-0.25, -0.2) is 0 Å². The Kier molecular flexibility index (Phi) is 1.97. The Morgan fingerprint density at radius 2 is 2.21 bits per heavy atom. The van der Waals surface area contributed by atoms with Crippen molar-refractivity contribution < 1.29 is 9.21 Å². The molecule has 0 N–H and O–H groups in total. The van der Waals surface area contributed by atoms with Gasteiger partial charge >= 0.3 is 0 Å². The van der Waals surface area contributed by atoms with Gasteiger partial charge in [0.15, 0.2) is 5.76 Å². The van der Waals surface area contributed by atoms with E-state index in [0.29, 0.717) is 5.76 Å². The number of allylic oxidation sites excluding steroid dienone is 1. The van der Waals surface area contributed by atoms with E-state index in [2.05, 4.69) is 6.58 Å². The summed E-state index contributed by atoms with van der Waals surface area (Å²) >= 11 is 0. The van der Waals surface area contributed by atoms with Crippen molar-refractivity contribution in [1.29, 1.82) is 0 Å². The molecule has 0 amide bonds.